The van der Waals surface area contributed by atoms with Crippen LogP contribution in [0.25, 0.3) is 16.6 Å². The predicted molar refractivity (Wildman–Crippen MR) is 75.4 cm³/mol. The molecule has 0 atom stereocenters. The van der Waals surface area contributed by atoms with Gasteiger partial charge in [-0.05, 0) is 46.3 Å². The van der Waals surface area contributed by atoms with E-state index in [2.05, 4.69) is 21.0 Å². The summed E-state index contributed by atoms with van der Waals surface area (Å²) in [7, 11) is 0. The van der Waals surface area contributed by atoms with Gasteiger partial charge in [0.2, 0.25) is 0 Å². The highest BCUT2D eigenvalue weighted by Gasteiger charge is 2.15. The minimum Gasteiger partial charge on any atom is -0.258 e. The first kappa shape index (κ1) is 12.7. The molecule has 0 radical (unpaired) electrons. The Kier molecular flexibility index (Phi) is 2.98. The molecule has 20 heavy (non-hydrogen) atoms. The zero-order valence-electron chi connectivity index (χ0n) is 9.96. The van der Waals surface area contributed by atoms with E-state index in [0.29, 0.717) is 15.7 Å². The second-order valence-corrected chi connectivity index (χ2v) is 5.02. The molecule has 3 aromatic rings. The number of nitrogens with zero attached hydrogens (tertiary/aromatic N) is 3. The Labute approximate surface area is 120 Å². The summed E-state index contributed by atoms with van der Waals surface area (Å²) in [6.45, 7) is 0. The van der Waals surface area contributed by atoms with E-state index < -0.39 is 4.92 Å². The summed E-state index contributed by atoms with van der Waals surface area (Å²) in [5.74, 6) is -0.330. The van der Waals surface area contributed by atoms with E-state index in [0.717, 1.165) is 5.39 Å². The highest BCUT2D eigenvalue weighted by Crippen LogP contribution is 2.30. The van der Waals surface area contributed by atoms with E-state index in [1.165, 1.54) is 18.2 Å². The van der Waals surface area contributed by atoms with Crippen LogP contribution in [-0.4, -0.2) is 14.7 Å². The maximum absolute atomic E-state index is 12.9. The molecule has 0 aliphatic rings. The minimum atomic E-state index is -0.472. The van der Waals surface area contributed by atoms with Crippen molar-refractivity contribution in [3.63, 3.8) is 0 Å². The number of benzene rings is 2. The maximum Gasteiger partial charge on any atom is 0.285 e. The second kappa shape index (κ2) is 4.68. The molecule has 3 rings (SSSR count). The Morgan fingerprint density at radius 2 is 1.95 bits per heavy atom. The molecule has 0 amide bonds. The average molecular weight is 336 g/mol. The molecule has 0 aliphatic carbocycles. The van der Waals surface area contributed by atoms with Crippen molar-refractivity contribution in [2.24, 2.45) is 0 Å². The van der Waals surface area contributed by atoms with Crippen LogP contribution in [0, 0.1) is 15.9 Å². The smallest absolute Gasteiger partial charge is 0.258 e. The summed E-state index contributed by atoms with van der Waals surface area (Å²) < 4.78 is 14.8. The summed E-state index contributed by atoms with van der Waals surface area (Å²) >= 11 is 3.16. The van der Waals surface area contributed by atoms with Gasteiger partial charge in [-0.15, -0.1) is 0 Å². The van der Waals surface area contributed by atoms with E-state index in [1.54, 1.807) is 29.1 Å². The molecule has 0 bridgehead atoms. The van der Waals surface area contributed by atoms with E-state index in [1.807, 2.05) is 0 Å². The zero-order valence-corrected chi connectivity index (χ0v) is 11.5. The van der Waals surface area contributed by atoms with Gasteiger partial charge in [0.15, 0.2) is 0 Å². The van der Waals surface area contributed by atoms with E-state index in [9.17, 15) is 14.5 Å². The molecule has 100 valence electrons. The maximum atomic E-state index is 12.9. The standard InChI is InChI=1S/C13H7BrFN3O2/c14-11-5-8-7-17(10-3-1-9(15)2-4-10)16-12(8)6-13(11)18(19)20/h1-7H. The number of nitro groups is 1. The van der Waals surface area contributed by atoms with Crippen LogP contribution in [0.5, 0.6) is 0 Å². The van der Waals surface area contributed by atoms with Gasteiger partial charge >= 0.3 is 0 Å². The first-order valence-corrected chi connectivity index (χ1v) is 6.43. The largest absolute Gasteiger partial charge is 0.285 e. The van der Waals surface area contributed by atoms with Crippen molar-refractivity contribution in [2.75, 3.05) is 0 Å². The first-order valence-electron chi connectivity index (χ1n) is 5.64. The number of halogens is 2. The van der Waals surface area contributed by atoms with Crippen LogP contribution < -0.4 is 0 Å². The number of hydrogen-bond acceptors (Lipinski definition) is 3. The summed E-state index contributed by atoms with van der Waals surface area (Å²) in [6.07, 6.45) is 1.73. The minimum absolute atomic E-state index is 0.0399. The van der Waals surface area contributed by atoms with Gasteiger partial charge in [0.05, 0.1) is 20.6 Å². The van der Waals surface area contributed by atoms with Crippen molar-refractivity contribution in [3.8, 4) is 5.69 Å². The van der Waals surface area contributed by atoms with Crippen molar-refractivity contribution in [1.82, 2.24) is 9.78 Å². The lowest BCUT2D eigenvalue weighted by atomic mass is 10.2. The monoisotopic (exact) mass is 335 g/mol. The molecule has 1 aromatic heterocycles. The van der Waals surface area contributed by atoms with Gasteiger partial charge in [-0.2, -0.15) is 5.10 Å². The van der Waals surface area contributed by atoms with Crippen LogP contribution >= 0.6 is 15.9 Å². The molecule has 0 N–H and O–H groups in total. The molecule has 5 nitrogen and oxygen atoms in total. The fourth-order valence-electron chi connectivity index (χ4n) is 1.90. The van der Waals surface area contributed by atoms with Crippen LogP contribution in [0.2, 0.25) is 0 Å². The molecule has 0 aliphatic heterocycles. The second-order valence-electron chi connectivity index (χ2n) is 4.17. The fraction of sp³-hybridized carbons (Fsp3) is 0. The van der Waals surface area contributed by atoms with Crippen molar-refractivity contribution >= 4 is 32.5 Å². The normalized spacial score (nSPS) is 10.9. The van der Waals surface area contributed by atoms with Gasteiger partial charge in [-0.25, -0.2) is 9.07 Å². The molecule has 0 saturated heterocycles. The highest BCUT2D eigenvalue weighted by molar-refractivity contribution is 9.10. The van der Waals surface area contributed by atoms with Crippen LogP contribution in [0.4, 0.5) is 10.1 Å². The molecule has 0 unspecified atom stereocenters. The lowest BCUT2D eigenvalue weighted by molar-refractivity contribution is -0.385. The van der Waals surface area contributed by atoms with Crippen LogP contribution in [0.3, 0.4) is 0 Å². The summed E-state index contributed by atoms with van der Waals surface area (Å²) in [4.78, 5) is 10.4. The van der Waals surface area contributed by atoms with E-state index >= 15 is 0 Å². The van der Waals surface area contributed by atoms with Gasteiger partial charge in [0, 0.05) is 17.6 Å². The van der Waals surface area contributed by atoms with Crippen molar-refractivity contribution in [3.05, 3.63) is 63.0 Å². The quantitative estimate of drug-likeness (QED) is 0.528. The van der Waals surface area contributed by atoms with Gasteiger partial charge < -0.3 is 0 Å². The molecular weight excluding hydrogens is 329 g/mol. The van der Waals surface area contributed by atoms with Crippen LogP contribution in [0.1, 0.15) is 0 Å². The lowest BCUT2D eigenvalue weighted by Crippen LogP contribution is -1.93. The van der Waals surface area contributed by atoms with Crippen LogP contribution in [-0.2, 0) is 0 Å². The number of aromatic nitrogens is 2. The molecule has 0 saturated carbocycles. The third-order valence-electron chi connectivity index (χ3n) is 2.86. The number of fused-ring (bicyclic) bond motifs is 1. The van der Waals surface area contributed by atoms with Gasteiger partial charge in [0.25, 0.3) is 5.69 Å². The summed E-state index contributed by atoms with van der Waals surface area (Å²) in [5.41, 5.74) is 1.15. The third kappa shape index (κ3) is 2.16. The Morgan fingerprint density at radius 3 is 2.60 bits per heavy atom. The molecule has 0 fully saturated rings. The lowest BCUT2D eigenvalue weighted by Gasteiger charge is -1.99. The Balaban J connectivity index is 2.15. The average Bonchev–Trinajstić information content (AvgIpc) is 2.81. The van der Waals surface area contributed by atoms with Gasteiger partial charge in [-0.1, -0.05) is 0 Å². The third-order valence-corrected chi connectivity index (χ3v) is 3.50. The Hall–Kier alpha value is -2.28. The molecular formula is C13H7BrFN3O2. The van der Waals surface area contributed by atoms with Crippen molar-refractivity contribution in [2.45, 2.75) is 0 Å². The highest BCUT2D eigenvalue weighted by atomic mass is 79.9. The number of nitro benzene ring substituents is 1. The van der Waals surface area contributed by atoms with Crippen molar-refractivity contribution in [1.29, 1.82) is 0 Å². The number of rotatable bonds is 2. The predicted octanol–water partition coefficient (Wildman–Crippen LogP) is 3.84. The molecule has 1 heterocycles. The van der Waals surface area contributed by atoms with Gasteiger partial charge in [-0.3, -0.25) is 10.1 Å². The van der Waals surface area contributed by atoms with Crippen LogP contribution in [0.15, 0.2) is 47.1 Å². The Bertz CT molecular complexity index is 814. The van der Waals surface area contributed by atoms with Crippen molar-refractivity contribution < 1.29 is 9.31 Å². The van der Waals surface area contributed by atoms with Gasteiger partial charge in [0.1, 0.15) is 5.82 Å². The first-order chi connectivity index (χ1) is 9.54. The Morgan fingerprint density at radius 1 is 1.25 bits per heavy atom. The fourth-order valence-corrected chi connectivity index (χ4v) is 2.40. The summed E-state index contributed by atoms with van der Waals surface area (Å²) in [6, 6.07) is 8.88. The van der Waals surface area contributed by atoms with E-state index in [4.69, 9.17) is 0 Å². The topological polar surface area (TPSA) is 61.0 Å². The zero-order chi connectivity index (χ0) is 14.3. The molecule has 7 heteroatoms. The van der Waals surface area contributed by atoms with E-state index in [-0.39, 0.29) is 11.5 Å². The molecule has 2 aromatic carbocycles. The number of hydrogen-bond donors (Lipinski definition) is 0. The summed E-state index contributed by atoms with van der Waals surface area (Å²) in [5, 5.41) is 15.9. The SMILES string of the molecule is O=[N+]([O-])c1cc2nn(-c3ccc(F)cc3)cc2cc1Br. The molecule has 0 spiro atoms.